The van der Waals surface area contributed by atoms with E-state index < -0.39 is 6.43 Å². The Morgan fingerprint density at radius 2 is 2.00 bits per heavy atom. The fourth-order valence-corrected chi connectivity index (χ4v) is 5.64. The molecule has 0 amide bonds. The van der Waals surface area contributed by atoms with Gasteiger partial charge in [-0.05, 0) is 75.9 Å². The Labute approximate surface area is 209 Å². The number of aromatic nitrogens is 3. The average Bonchev–Trinajstić information content (AvgIpc) is 3.14. The van der Waals surface area contributed by atoms with Gasteiger partial charge < -0.3 is 9.72 Å². The van der Waals surface area contributed by atoms with Gasteiger partial charge in [0.25, 0.3) is 12.0 Å². The molecular weight excluding hydrogens is 466 g/mol. The number of aryl methyl sites for hydroxylation is 1. The topological polar surface area (TPSA) is 79.7 Å². The highest BCUT2D eigenvalue weighted by molar-refractivity contribution is 6.04. The van der Waals surface area contributed by atoms with Crippen molar-refractivity contribution in [2.24, 2.45) is 5.92 Å². The highest BCUT2D eigenvalue weighted by Crippen LogP contribution is 2.37. The van der Waals surface area contributed by atoms with Crippen LogP contribution in [0.4, 0.5) is 8.78 Å². The number of nitrogens with zero attached hydrogens (tertiary/aromatic N) is 3. The van der Waals surface area contributed by atoms with E-state index in [1.54, 1.807) is 19.2 Å². The van der Waals surface area contributed by atoms with Crippen LogP contribution in [0.3, 0.4) is 0 Å². The van der Waals surface area contributed by atoms with Crippen LogP contribution in [0, 0.1) is 19.8 Å². The molecule has 1 N–H and O–H groups in total. The molecule has 0 radical (unpaired) electrons. The number of ether oxygens (including phenoxy) is 1. The second kappa shape index (κ2) is 10.9. The Morgan fingerprint density at radius 3 is 2.67 bits per heavy atom. The van der Waals surface area contributed by atoms with E-state index >= 15 is 0 Å². The molecule has 36 heavy (non-hydrogen) atoms. The molecule has 3 aromatic rings. The molecule has 1 aliphatic rings. The molecular formula is C27H34F2N4O3. The molecule has 194 valence electrons. The van der Waals surface area contributed by atoms with E-state index in [0.717, 1.165) is 29.6 Å². The number of hydrogen-bond acceptors (Lipinski definition) is 5. The lowest BCUT2D eigenvalue weighted by Gasteiger charge is -2.34. The van der Waals surface area contributed by atoms with E-state index in [9.17, 15) is 18.4 Å². The number of alkyl halides is 2. The summed E-state index contributed by atoms with van der Waals surface area (Å²) in [5.74, 6) is 0.862. The third kappa shape index (κ3) is 5.21. The molecule has 1 unspecified atom stereocenters. The number of likely N-dealkylation sites (tertiary alicyclic amines) is 1. The number of H-pyrrole nitrogens is 1. The number of halogens is 2. The number of pyridine rings is 1. The Balaban J connectivity index is 1.59. The number of rotatable bonds is 9. The Kier molecular flexibility index (Phi) is 7.88. The zero-order chi connectivity index (χ0) is 26.0. The minimum absolute atomic E-state index is 0.0507. The SMILES string of the molecule is COc1cc(C)[nH]c(=O)c1CCC(=O)c1c(C)c(C(C)C2CCN(CC(F)F)CC2)n2ncccc12. The van der Waals surface area contributed by atoms with Crippen LogP contribution in [0.1, 0.15) is 65.0 Å². The number of ketones is 1. The van der Waals surface area contributed by atoms with Crippen molar-refractivity contribution in [3.05, 3.63) is 62.8 Å². The standard InChI is InChI=1S/C27H34F2N4O3/c1-16-14-23(36-4)20(27(35)31-16)7-8-22(34)25-18(3)26(33-21(25)6-5-11-30-33)17(2)19-9-12-32(13-10-19)15-24(28)29/h5-6,11,14,17,19,24H,7-10,12-13,15H2,1-4H3,(H,31,35). The van der Waals surface area contributed by atoms with Crippen molar-refractivity contribution >= 4 is 11.3 Å². The minimum Gasteiger partial charge on any atom is -0.496 e. The van der Waals surface area contributed by atoms with Gasteiger partial charge in [0.05, 0.1) is 24.7 Å². The zero-order valence-corrected chi connectivity index (χ0v) is 21.3. The first-order valence-electron chi connectivity index (χ1n) is 12.5. The van der Waals surface area contributed by atoms with Crippen LogP contribution in [0.25, 0.3) is 5.52 Å². The van der Waals surface area contributed by atoms with Gasteiger partial charge in [0, 0.05) is 35.5 Å². The minimum atomic E-state index is -2.32. The molecule has 0 saturated carbocycles. The number of nitrogens with one attached hydrogen (secondary N) is 1. The van der Waals surface area contributed by atoms with Crippen molar-refractivity contribution < 1.29 is 18.3 Å². The number of carbonyl (C=O) groups excluding carboxylic acids is 1. The molecule has 0 aliphatic carbocycles. The predicted molar refractivity (Wildman–Crippen MR) is 135 cm³/mol. The van der Waals surface area contributed by atoms with E-state index in [1.165, 1.54) is 7.11 Å². The molecule has 1 saturated heterocycles. The molecule has 4 rings (SSSR count). The lowest BCUT2D eigenvalue weighted by Crippen LogP contribution is -2.38. The number of aromatic amines is 1. The molecule has 0 bridgehead atoms. The van der Waals surface area contributed by atoms with Crippen LogP contribution in [0.2, 0.25) is 0 Å². The Morgan fingerprint density at radius 1 is 1.28 bits per heavy atom. The van der Waals surface area contributed by atoms with Crippen LogP contribution in [0.5, 0.6) is 5.75 Å². The molecule has 3 aromatic heterocycles. The van der Waals surface area contributed by atoms with Gasteiger partial charge in [-0.3, -0.25) is 14.5 Å². The van der Waals surface area contributed by atoms with Crippen LogP contribution in [-0.4, -0.2) is 58.5 Å². The Bertz CT molecular complexity index is 1290. The summed E-state index contributed by atoms with van der Waals surface area (Å²) in [6, 6.07) is 5.47. The van der Waals surface area contributed by atoms with E-state index in [0.29, 0.717) is 41.6 Å². The fraction of sp³-hybridized carbons (Fsp3) is 0.519. The molecule has 9 heteroatoms. The normalized spacial score (nSPS) is 16.1. The van der Waals surface area contributed by atoms with E-state index in [4.69, 9.17) is 4.74 Å². The van der Waals surface area contributed by atoms with Crippen LogP contribution in [-0.2, 0) is 6.42 Å². The lowest BCUT2D eigenvalue weighted by atomic mass is 9.82. The maximum Gasteiger partial charge on any atom is 0.255 e. The largest absolute Gasteiger partial charge is 0.496 e. The van der Waals surface area contributed by atoms with E-state index in [1.807, 2.05) is 28.5 Å². The van der Waals surface area contributed by atoms with Crippen LogP contribution in [0.15, 0.2) is 29.2 Å². The van der Waals surface area contributed by atoms with Crippen molar-refractivity contribution in [1.29, 1.82) is 0 Å². The molecule has 0 aromatic carbocycles. The summed E-state index contributed by atoms with van der Waals surface area (Å²) in [6.07, 6.45) is 1.47. The molecule has 7 nitrogen and oxygen atoms in total. The summed E-state index contributed by atoms with van der Waals surface area (Å²) in [7, 11) is 1.52. The van der Waals surface area contributed by atoms with Gasteiger partial charge in [-0.1, -0.05) is 6.92 Å². The molecule has 0 spiro atoms. The zero-order valence-electron chi connectivity index (χ0n) is 21.3. The third-order valence-corrected chi connectivity index (χ3v) is 7.49. The van der Waals surface area contributed by atoms with Crippen molar-refractivity contribution in [2.75, 3.05) is 26.7 Å². The summed E-state index contributed by atoms with van der Waals surface area (Å²) in [4.78, 5) is 30.6. The molecule has 1 aliphatic heterocycles. The number of hydrogen-bond donors (Lipinski definition) is 1. The van der Waals surface area contributed by atoms with Gasteiger partial charge in [0.2, 0.25) is 0 Å². The summed E-state index contributed by atoms with van der Waals surface area (Å²) >= 11 is 0. The van der Waals surface area contributed by atoms with Gasteiger partial charge in [-0.25, -0.2) is 13.3 Å². The second-order valence-electron chi connectivity index (χ2n) is 9.78. The first-order chi connectivity index (χ1) is 17.2. The smallest absolute Gasteiger partial charge is 0.255 e. The number of piperidine rings is 1. The number of methoxy groups -OCH3 is 1. The van der Waals surface area contributed by atoms with Crippen molar-refractivity contribution in [1.82, 2.24) is 19.5 Å². The van der Waals surface area contributed by atoms with Gasteiger partial charge in [-0.15, -0.1) is 0 Å². The summed E-state index contributed by atoms with van der Waals surface area (Å²) < 4.78 is 32.8. The molecule has 1 fully saturated rings. The van der Waals surface area contributed by atoms with Gasteiger partial charge in [-0.2, -0.15) is 5.10 Å². The quantitative estimate of drug-likeness (QED) is 0.436. The van der Waals surface area contributed by atoms with Crippen LogP contribution >= 0.6 is 0 Å². The second-order valence-corrected chi connectivity index (χ2v) is 9.78. The van der Waals surface area contributed by atoms with Gasteiger partial charge in [0.1, 0.15) is 5.75 Å². The van der Waals surface area contributed by atoms with Crippen molar-refractivity contribution in [2.45, 2.75) is 58.8 Å². The number of fused-ring (bicyclic) bond motifs is 1. The van der Waals surface area contributed by atoms with Gasteiger partial charge >= 0.3 is 0 Å². The molecule has 4 heterocycles. The third-order valence-electron chi connectivity index (χ3n) is 7.49. The number of Topliss-reactive ketones (excluding diaryl/α,β-unsaturated/α-hetero) is 1. The van der Waals surface area contributed by atoms with Gasteiger partial charge in [0.15, 0.2) is 5.78 Å². The monoisotopic (exact) mass is 500 g/mol. The maximum atomic E-state index is 13.5. The fourth-order valence-electron chi connectivity index (χ4n) is 5.64. The first-order valence-corrected chi connectivity index (χ1v) is 12.5. The Hall–Kier alpha value is -3.07. The lowest BCUT2D eigenvalue weighted by molar-refractivity contribution is 0.0662. The summed E-state index contributed by atoms with van der Waals surface area (Å²) in [5, 5.41) is 4.56. The summed E-state index contributed by atoms with van der Waals surface area (Å²) in [5.41, 5.74) is 4.18. The highest BCUT2D eigenvalue weighted by Gasteiger charge is 2.31. The average molecular weight is 501 g/mol. The summed E-state index contributed by atoms with van der Waals surface area (Å²) in [6.45, 7) is 7.00. The predicted octanol–water partition coefficient (Wildman–Crippen LogP) is 4.54. The van der Waals surface area contributed by atoms with E-state index in [-0.39, 0.29) is 36.6 Å². The van der Waals surface area contributed by atoms with Crippen molar-refractivity contribution in [3.63, 3.8) is 0 Å². The van der Waals surface area contributed by atoms with Crippen molar-refractivity contribution in [3.8, 4) is 5.75 Å². The first kappa shape index (κ1) is 26.0. The maximum absolute atomic E-state index is 13.5. The van der Waals surface area contributed by atoms with Crippen LogP contribution < -0.4 is 10.3 Å². The highest BCUT2D eigenvalue weighted by atomic mass is 19.3. The number of carbonyl (C=O) groups is 1. The van der Waals surface area contributed by atoms with E-state index in [2.05, 4.69) is 17.0 Å². The molecule has 1 atom stereocenters.